The molecule has 0 aliphatic carbocycles. The Bertz CT molecular complexity index is 1250. The fourth-order valence-corrected chi connectivity index (χ4v) is 3.74. The van der Waals surface area contributed by atoms with E-state index in [4.69, 9.17) is 0 Å². The van der Waals surface area contributed by atoms with Crippen LogP contribution in [-0.4, -0.2) is 26.1 Å². The minimum Gasteiger partial charge on any atom is -0.508 e. The average Bonchev–Trinajstić information content (AvgIpc) is 2.68. The van der Waals surface area contributed by atoms with Crippen molar-refractivity contribution in [1.29, 1.82) is 0 Å². The minimum atomic E-state index is -3.01. The van der Waals surface area contributed by atoms with Gasteiger partial charge in [-0.15, -0.1) is 0 Å². The minimum absolute atomic E-state index is 0.125. The largest absolute Gasteiger partial charge is 0.508 e. The Morgan fingerprint density at radius 3 is 2.52 bits per heavy atom. The number of aryl methyl sites for hydroxylation is 2. The van der Waals surface area contributed by atoms with Crippen LogP contribution in [-0.2, 0) is 9.71 Å². The topological polar surface area (TPSA) is 79.3 Å². The highest BCUT2D eigenvalue weighted by Gasteiger charge is 2.15. The van der Waals surface area contributed by atoms with Gasteiger partial charge in [0, 0.05) is 28.4 Å². The van der Waals surface area contributed by atoms with Crippen LogP contribution in [0.3, 0.4) is 0 Å². The van der Waals surface area contributed by atoms with Crippen molar-refractivity contribution < 1.29 is 14.1 Å². The summed E-state index contributed by atoms with van der Waals surface area (Å²) in [6, 6.07) is 13.4. The first kappa shape index (κ1) is 20.2. The number of carbonyl (C=O) groups is 1. The molecule has 1 atom stereocenters. The molecule has 1 aromatic heterocycles. The van der Waals surface area contributed by atoms with Crippen molar-refractivity contribution in [3.05, 3.63) is 88.7 Å². The number of phenolic OH excluding ortho intramolecular Hbond substituents is 1. The molecule has 6 heteroatoms. The van der Waals surface area contributed by atoms with E-state index in [9.17, 15) is 14.1 Å². The van der Waals surface area contributed by atoms with Crippen LogP contribution >= 0.6 is 0 Å². The van der Waals surface area contributed by atoms with Crippen molar-refractivity contribution >= 4 is 21.5 Å². The quantitative estimate of drug-likeness (QED) is 0.519. The molecule has 1 unspecified atom stereocenters. The average molecular weight is 404 g/mol. The van der Waals surface area contributed by atoms with Crippen molar-refractivity contribution in [2.45, 2.75) is 18.7 Å². The number of nitrogens with one attached hydrogen (secondary N) is 1. The van der Waals surface area contributed by atoms with Crippen molar-refractivity contribution in [2.24, 2.45) is 0 Å². The summed E-state index contributed by atoms with van der Waals surface area (Å²) in [6.07, 6.45) is 2.90. The number of amides is 1. The van der Waals surface area contributed by atoms with E-state index >= 15 is 0 Å². The van der Waals surface area contributed by atoms with Gasteiger partial charge in [-0.25, -0.2) is 4.21 Å². The van der Waals surface area contributed by atoms with Crippen LogP contribution in [0.2, 0.25) is 0 Å². The van der Waals surface area contributed by atoms with Crippen molar-refractivity contribution in [1.82, 2.24) is 9.71 Å². The fraction of sp³-hybridized carbons (Fsp3) is 0.0870. The Balaban J connectivity index is 1.81. The summed E-state index contributed by atoms with van der Waals surface area (Å²) in [5, 5.41) is 9.50. The summed E-state index contributed by atoms with van der Waals surface area (Å²) in [4.78, 5) is 17.1. The summed E-state index contributed by atoms with van der Waals surface area (Å²) in [7, 11) is -3.01. The molecule has 1 amide bonds. The van der Waals surface area contributed by atoms with E-state index in [1.165, 1.54) is 12.4 Å². The highest BCUT2D eigenvalue weighted by atomic mass is 32.2. The maximum atomic E-state index is 12.9. The number of carbonyl (C=O) groups excluding carboxylic acids is 1. The van der Waals surface area contributed by atoms with E-state index in [1.807, 2.05) is 19.9 Å². The van der Waals surface area contributed by atoms with Gasteiger partial charge in [0.25, 0.3) is 5.91 Å². The number of nitrogens with zero attached hydrogens (tertiary/aromatic N) is 1. The standard InChI is InChI=1S/C23H20N2O3S/c1-16-7-10-22(11-17(16)2)29(3,28)25-23(27)20-12-19(14-24-15-20)9-8-18-5-4-6-21(26)13-18/h4-7,10-15,26H,3H2,1-2H3,(H,25,27,28). The molecule has 5 nitrogen and oxygen atoms in total. The molecule has 3 aromatic rings. The van der Waals surface area contributed by atoms with Gasteiger partial charge in [-0.05, 0) is 67.2 Å². The summed E-state index contributed by atoms with van der Waals surface area (Å²) in [5.41, 5.74) is 3.42. The molecule has 29 heavy (non-hydrogen) atoms. The number of rotatable bonds is 3. The Labute approximate surface area is 170 Å². The lowest BCUT2D eigenvalue weighted by atomic mass is 10.1. The lowest BCUT2D eigenvalue weighted by Gasteiger charge is -2.13. The van der Waals surface area contributed by atoms with Crippen LogP contribution in [0, 0.1) is 25.7 Å². The van der Waals surface area contributed by atoms with Gasteiger partial charge in [-0.2, -0.15) is 0 Å². The van der Waals surface area contributed by atoms with Crippen molar-refractivity contribution in [3.63, 3.8) is 0 Å². The smallest absolute Gasteiger partial charge is 0.264 e. The lowest BCUT2D eigenvalue weighted by molar-refractivity contribution is 0.0982. The van der Waals surface area contributed by atoms with Gasteiger partial charge in [0.15, 0.2) is 0 Å². The van der Waals surface area contributed by atoms with Gasteiger partial charge in [0.2, 0.25) is 0 Å². The number of aromatic nitrogens is 1. The number of hydrogen-bond acceptors (Lipinski definition) is 4. The Morgan fingerprint density at radius 2 is 1.79 bits per heavy atom. The summed E-state index contributed by atoms with van der Waals surface area (Å²) < 4.78 is 15.4. The van der Waals surface area contributed by atoms with Crippen LogP contribution in [0.15, 0.2) is 65.8 Å². The molecule has 146 valence electrons. The van der Waals surface area contributed by atoms with Crippen molar-refractivity contribution in [2.75, 3.05) is 0 Å². The second kappa shape index (κ2) is 8.21. The fourth-order valence-electron chi connectivity index (χ4n) is 2.55. The van der Waals surface area contributed by atoms with Gasteiger partial charge in [-0.3, -0.25) is 14.5 Å². The molecule has 0 fully saturated rings. The van der Waals surface area contributed by atoms with Crippen LogP contribution < -0.4 is 4.72 Å². The molecule has 2 N–H and O–H groups in total. The molecule has 2 aromatic carbocycles. The molecule has 0 spiro atoms. The zero-order chi connectivity index (χ0) is 21.0. The molecule has 0 saturated carbocycles. The van der Waals surface area contributed by atoms with E-state index in [0.717, 1.165) is 11.1 Å². The SMILES string of the molecule is C=S(=O)(NC(=O)c1cncc(C#Cc2cccc(O)c2)c1)c1ccc(C)c(C)c1. The second-order valence-electron chi connectivity index (χ2n) is 6.62. The number of aromatic hydroxyl groups is 1. The Morgan fingerprint density at radius 1 is 1.03 bits per heavy atom. The number of phenols is 1. The first-order valence-corrected chi connectivity index (χ1v) is 10.5. The first-order valence-electron chi connectivity index (χ1n) is 8.77. The molecule has 0 bridgehead atoms. The number of benzene rings is 2. The van der Waals surface area contributed by atoms with Gasteiger partial charge >= 0.3 is 0 Å². The van der Waals surface area contributed by atoms with Gasteiger partial charge in [0.1, 0.15) is 5.75 Å². The molecule has 0 aliphatic rings. The molecular weight excluding hydrogens is 384 g/mol. The third-order valence-electron chi connectivity index (χ3n) is 4.31. The predicted molar refractivity (Wildman–Crippen MR) is 115 cm³/mol. The number of hydrogen-bond donors (Lipinski definition) is 2. The molecule has 1 heterocycles. The van der Waals surface area contributed by atoms with E-state index in [0.29, 0.717) is 16.0 Å². The normalized spacial score (nSPS) is 12.3. The first-order chi connectivity index (χ1) is 13.7. The van der Waals surface area contributed by atoms with Crippen LogP contribution in [0.4, 0.5) is 0 Å². The van der Waals surface area contributed by atoms with Crippen LogP contribution in [0.25, 0.3) is 0 Å². The van der Waals surface area contributed by atoms with Gasteiger partial charge < -0.3 is 5.11 Å². The molecule has 3 rings (SSSR count). The summed E-state index contributed by atoms with van der Waals surface area (Å²) >= 11 is 0. The molecule has 0 saturated heterocycles. The Kier molecular flexibility index (Phi) is 5.71. The van der Waals surface area contributed by atoms with E-state index in [1.54, 1.807) is 42.5 Å². The van der Waals surface area contributed by atoms with E-state index in [2.05, 4.69) is 27.4 Å². The summed E-state index contributed by atoms with van der Waals surface area (Å²) in [6.45, 7) is 3.87. The monoisotopic (exact) mass is 404 g/mol. The zero-order valence-corrected chi connectivity index (χ0v) is 16.9. The molecular formula is C23H20N2O3S. The summed E-state index contributed by atoms with van der Waals surface area (Å²) in [5.74, 6) is 9.09. The van der Waals surface area contributed by atoms with E-state index in [-0.39, 0.29) is 11.3 Å². The second-order valence-corrected chi connectivity index (χ2v) is 8.64. The Hall–Kier alpha value is -3.56. The molecule has 0 aliphatic heterocycles. The highest BCUT2D eigenvalue weighted by Crippen LogP contribution is 2.15. The lowest BCUT2D eigenvalue weighted by Crippen LogP contribution is -2.30. The van der Waals surface area contributed by atoms with Gasteiger partial charge in [-0.1, -0.05) is 24.0 Å². The maximum Gasteiger partial charge on any atom is 0.264 e. The van der Waals surface area contributed by atoms with Crippen LogP contribution in [0.1, 0.15) is 32.6 Å². The third-order valence-corrected chi connectivity index (χ3v) is 5.84. The van der Waals surface area contributed by atoms with Gasteiger partial charge in [0.05, 0.1) is 15.3 Å². The molecule has 0 radical (unpaired) electrons. The number of pyridine rings is 1. The highest BCUT2D eigenvalue weighted by molar-refractivity contribution is 7.99. The maximum absolute atomic E-state index is 12.9. The van der Waals surface area contributed by atoms with Crippen LogP contribution in [0.5, 0.6) is 5.75 Å². The third kappa shape index (κ3) is 5.03. The predicted octanol–water partition coefficient (Wildman–Crippen LogP) is 3.22. The van der Waals surface area contributed by atoms with E-state index < -0.39 is 15.6 Å². The van der Waals surface area contributed by atoms with Crippen molar-refractivity contribution in [3.8, 4) is 17.6 Å². The zero-order valence-electron chi connectivity index (χ0n) is 16.1.